The van der Waals surface area contributed by atoms with Gasteiger partial charge in [0.05, 0.1) is 39.9 Å². The molecule has 2 bridgehead atoms. The standard InChI is InChI=1S/C27H26ClF2N5O2/c1-15-4-3-5-22(20-12-17(8-10-31-20)26-21(33-27(15)37)14-32-34(26)2)35-11-9-16(13-23(35)36)24-19(29)7-6-18(28)25(24)30/h6-8,10,12-15,22H,3-5,9,11H2,1-2H3,(H,33,37)/t15-,22+/m1/s1. The molecule has 0 saturated carbocycles. The molecule has 0 aliphatic carbocycles. The van der Waals surface area contributed by atoms with Crippen LogP contribution in [0.1, 0.15) is 49.9 Å². The number of hydrogen-bond donors (Lipinski definition) is 1. The minimum absolute atomic E-state index is 0.0900. The average molecular weight is 526 g/mol. The van der Waals surface area contributed by atoms with Gasteiger partial charge in [0.1, 0.15) is 5.82 Å². The number of aromatic nitrogens is 3. The van der Waals surface area contributed by atoms with Crippen LogP contribution in [-0.4, -0.2) is 38.0 Å². The second kappa shape index (κ2) is 10.0. The highest BCUT2D eigenvalue weighted by atomic mass is 35.5. The first kappa shape index (κ1) is 25.1. The number of rotatable bonds is 2. The van der Waals surface area contributed by atoms with Crippen LogP contribution in [-0.2, 0) is 16.6 Å². The van der Waals surface area contributed by atoms with Crippen molar-refractivity contribution < 1.29 is 18.4 Å². The Morgan fingerprint density at radius 2 is 1.97 bits per heavy atom. The van der Waals surface area contributed by atoms with E-state index in [4.69, 9.17) is 11.6 Å². The summed E-state index contributed by atoms with van der Waals surface area (Å²) in [5, 5.41) is 7.11. The van der Waals surface area contributed by atoms with E-state index in [1.165, 1.54) is 6.08 Å². The van der Waals surface area contributed by atoms with Gasteiger partial charge in [-0.05, 0) is 49.1 Å². The van der Waals surface area contributed by atoms with E-state index < -0.39 is 11.6 Å². The highest BCUT2D eigenvalue weighted by Gasteiger charge is 2.31. The van der Waals surface area contributed by atoms with E-state index in [0.29, 0.717) is 30.6 Å². The molecule has 0 unspecified atom stereocenters. The first-order valence-corrected chi connectivity index (χ1v) is 12.6. The van der Waals surface area contributed by atoms with Crippen molar-refractivity contribution in [3.05, 3.63) is 70.6 Å². The van der Waals surface area contributed by atoms with Gasteiger partial charge in [-0.25, -0.2) is 8.78 Å². The monoisotopic (exact) mass is 525 g/mol. The topological polar surface area (TPSA) is 80.1 Å². The van der Waals surface area contributed by atoms with Gasteiger partial charge in [-0.1, -0.05) is 24.9 Å². The summed E-state index contributed by atoms with van der Waals surface area (Å²) in [6.45, 7) is 2.14. The lowest BCUT2D eigenvalue weighted by Gasteiger charge is -2.34. The fourth-order valence-corrected chi connectivity index (χ4v) is 5.26. The lowest BCUT2D eigenvalue weighted by molar-refractivity contribution is -0.129. The molecule has 2 atom stereocenters. The van der Waals surface area contributed by atoms with Crippen LogP contribution in [0, 0.1) is 17.6 Å². The Bertz CT molecular complexity index is 1420. The molecule has 192 valence electrons. The van der Waals surface area contributed by atoms with E-state index in [-0.39, 0.29) is 52.9 Å². The molecule has 1 aromatic carbocycles. The summed E-state index contributed by atoms with van der Waals surface area (Å²) in [7, 11) is 1.80. The Morgan fingerprint density at radius 1 is 1.16 bits per heavy atom. The predicted molar refractivity (Wildman–Crippen MR) is 136 cm³/mol. The van der Waals surface area contributed by atoms with Gasteiger partial charge in [0.2, 0.25) is 11.8 Å². The van der Waals surface area contributed by atoms with Gasteiger partial charge < -0.3 is 10.2 Å². The number of amides is 2. The highest BCUT2D eigenvalue weighted by Crippen LogP contribution is 2.37. The molecular formula is C27H26ClF2N5O2. The molecule has 0 fully saturated rings. The summed E-state index contributed by atoms with van der Waals surface area (Å²) in [6, 6.07) is 5.63. The zero-order chi connectivity index (χ0) is 26.3. The molecule has 2 aliphatic heterocycles. The van der Waals surface area contributed by atoms with E-state index in [0.717, 1.165) is 23.4 Å². The van der Waals surface area contributed by atoms with Gasteiger partial charge in [-0.15, -0.1) is 0 Å². The summed E-state index contributed by atoms with van der Waals surface area (Å²) in [5.41, 5.74) is 2.88. The molecule has 3 aromatic rings. The molecule has 2 aliphatic rings. The van der Waals surface area contributed by atoms with Gasteiger partial charge in [-0.3, -0.25) is 19.3 Å². The van der Waals surface area contributed by atoms with Gasteiger partial charge in [-0.2, -0.15) is 5.10 Å². The van der Waals surface area contributed by atoms with Crippen LogP contribution in [0.5, 0.6) is 0 Å². The molecule has 0 saturated heterocycles. The first-order valence-electron chi connectivity index (χ1n) is 12.2. The van der Waals surface area contributed by atoms with Crippen molar-refractivity contribution in [3.8, 4) is 11.3 Å². The van der Waals surface area contributed by atoms with E-state index >= 15 is 0 Å². The molecule has 0 spiro atoms. The Balaban J connectivity index is 1.53. The second-order valence-electron chi connectivity index (χ2n) is 9.51. The predicted octanol–water partition coefficient (Wildman–Crippen LogP) is 5.53. The van der Waals surface area contributed by atoms with Gasteiger partial charge in [0.25, 0.3) is 0 Å². The van der Waals surface area contributed by atoms with E-state index in [9.17, 15) is 18.4 Å². The third-order valence-corrected chi connectivity index (χ3v) is 7.39. The third-order valence-electron chi connectivity index (χ3n) is 7.10. The molecule has 37 heavy (non-hydrogen) atoms. The van der Waals surface area contributed by atoms with Crippen LogP contribution in [0.25, 0.3) is 16.8 Å². The molecule has 5 rings (SSSR count). The number of carbonyl (C=O) groups is 2. The maximum Gasteiger partial charge on any atom is 0.247 e. The lowest BCUT2D eigenvalue weighted by Crippen LogP contribution is -2.38. The SMILES string of the molecule is C[C@@H]1CCC[C@H](N2CCC(c3c(F)ccc(Cl)c3F)=CC2=O)c2cc(ccn2)-c2c(cnn2C)NC1=O. The summed E-state index contributed by atoms with van der Waals surface area (Å²) < 4.78 is 30.8. The number of carbonyl (C=O) groups excluding carboxylic acids is 2. The van der Waals surface area contributed by atoms with Crippen LogP contribution < -0.4 is 5.32 Å². The van der Waals surface area contributed by atoms with Gasteiger partial charge in [0, 0.05) is 37.3 Å². The number of hydrogen-bond acceptors (Lipinski definition) is 4. The summed E-state index contributed by atoms with van der Waals surface area (Å²) in [6.07, 6.45) is 6.75. The Labute approximate surface area is 218 Å². The molecule has 2 amide bonds. The maximum atomic E-state index is 14.6. The zero-order valence-corrected chi connectivity index (χ0v) is 21.2. The minimum atomic E-state index is -0.867. The van der Waals surface area contributed by atoms with Crippen molar-refractivity contribution in [1.82, 2.24) is 19.7 Å². The molecule has 7 nitrogen and oxygen atoms in total. The van der Waals surface area contributed by atoms with Crippen LogP contribution in [0.15, 0.2) is 42.7 Å². The summed E-state index contributed by atoms with van der Waals surface area (Å²) >= 11 is 5.87. The minimum Gasteiger partial charge on any atom is -0.330 e. The van der Waals surface area contributed by atoms with Crippen LogP contribution in [0.4, 0.5) is 14.5 Å². The third kappa shape index (κ3) is 4.75. The van der Waals surface area contributed by atoms with Gasteiger partial charge >= 0.3 is 0 Å². The molecule has 4 heterocycles. The number of nitrogens with one attached hydrogen (secondary N) is 1. The molecular weight excluding hydrogens is 500 g/mol. The van der Waals surface area contributed by atoms with Crippen molar-refractivity contribution in [2.75, 3.05) is 11.9 Å². The Hall–Kier alpha value is -3.59. The average Bonchev–Trinajstić information content (AvgIpc) is 3.24. The smallest absolute Gasteiger partial charge is 0.247 e. The fraction of sp³-hybridized carbons (Fsp3) is 0.333. The molecule has 0 radical (unpaired) electrons. The molecule has 2 aromatic heterocycles. The normalized spacial score (nSPS) is 20.5. The van der Waals surface area contributed by atoms with Crippen molar-refractivity contribution in [3.63, 3.8) is 0 Å². The van der Waals surface area contributed by atoms with Crippen LogP contribution in [0.2, 0.25) is 5.02 Å². The van der Waals surface area contributed by atoms with Crippen molar-refractivity contribution in [2.45, 2.75) is 38.6 Å². The van der Waals surface area contributed by atoms with Crippen LogP contribution >= 0.6 is 11.6 Å². The Kier molecular flexibility index (Phi) is 6.81. The molecule has 1 N–H and O–H groups in total. The van der Waals surface area contributed by atoms with Crippen molar-refractivity contribution in [2.24, 2.45) is 13.0 Å². The largest absolute Gasteiger partial charge is 0.330 e. The first-order chi connectivity index (χ1) is 17.7. The molecule has 10 heteroatoms. The highest BCUT2D eigenvalue weighted by molar-refractivity contribution is 6.31. The van der Waals surface area contributed by atoms with Crippen molar-refractivity contribution >= 4 is 34.7 Å². The van der Waals surface area contributed by atoms with Crippen LogP contribution in [0.3, 0.4) is 0 Å². The maximum absolute atomic E-state index is 14.6. The number of anilines is 1. The lowest BCUT2D eigenvalue weighted by atomic mass is 9.93. The summed E-state index contributed by atoms with van der Waals surface area (Å²) in [5.74, 6) is -2.30. The number of halogens is 3. The number of pyridine rings is 1. The summed E-state index contributed by atoms with van der Waals surface area (Å²) in [4.78, 5) is 32.4. The number of aryl methyl sites for hydroxylation is 1. The zero-order valence-electron chi connectivity index (χ0n) is 20.5. The van der Waals surface area contributed by atoms with Gasteiger partial charge in [0.15, 0.2) is 5.82 Å². The fourth-order valence-electron chi connectivity index (χ4n) is 5.10. The Morgan fingerprint density at radius 3 is 2.76 bits per heavy atom. The number of benzene rings is 1. The second-order valence-corrected chi connectivity index (χ2v) is 9.91. The number of nitrogens with zero attached hydrogens (tertiary/aromatic N) is 4. The van der Waals surface area contributed by atoms with Crippen molar-refractivity contribution in [1.29, 1.82) is 0 Å². The van der Waals surface area contributed by atoms with E-state index in [1.54, 1.807) is 29.0 Å². The number of fused-ring (bicyclic) bond motifs is 4. The van der Waals surface area contributed by atoms with E-state index in [2.05, 4.69) is 15.4 Å². The van der Waals surface area contributed by atoms with E-state index in [1.807, 2.05) is 19.1 Å². The quantitative estimate of drug-likeness (QED) is 0.446.